The van der Waals surface area contributed by atoms with Crippen LogP contribution in [0.15, 0.2) is 48.5 Å². The third-order valence-corrected chi connectivity index (χ3v) is 6.53. The fourth-order valence-electron chi connectivity index (χ4n) is 5.24. The van der Waals surface area contributed by atoms with Crippen LogP contribution in [0.3, 0.4) is 0 Å². The normalized spacial score (nSPS) is 26.7. The van der Waals surface area contributed by atoms with Gasteiger partial charge >= 0.3 is 5.97 Å². The molecule has 1 aliphatic heterocycles. The Hall–Kier alpha value is -3.55. The number of carbonyl (C=O) groups excluding carboxylic acids is 3. The molecule has 4 atom stereocenters. The molecular formula is C22H18N2O6. The third-order valence-electron chi connectivity index (χ3n) is 6.53. The highest BCUT2D eigenvalue weighted by Gasteiger charge is 2.61. The molecule has 0 N–H and O–H groups in total. The van der Waals surface area contributed by atoms with E-state index in [2.05, 4.69) is 0 Å². The van der Waals surface area contributed by atoms with Crippen LogP contribution in [0.4, 0.5) is 11.4 Å². The quantitative estimate of drug-likeness (QED) is 0.253. The molecule has 30 heavy (non-hydrogen) atoms. The van der Waals surface area contributed by atoms with Crippen LogP contribution in [-0.4, -0.2) is 22.7 Å². The lowest BCUT2D eigenvalue weighted by Crippen LogP contribution is -2.32. The van der Waals surface area contributed by atoms with E-state index in [-0.39, 0.29) is 52.5 Å². The summed E-state index contributed by atoms with van der Waals surface area (Å²) in [5.41, 5.74) is 0.450. The number of hydrogen-bond acceptors (Lipinski definition) is 6. The van der Waals surface area contributed by atoms with E-state index >= 15 is 0 Å². The number of nitro benzene ring substituents is 1. The third kappa shape index (κ3) is 2.79. The maximum atomic E-state index is 13.0. The molecule has 0 spiro atoms. The molecule has 8 heteroatoms. The highest BCUT2D eigenvalue weighted by Crippen LogP contribution is 2.56. The van der Waals surface area contributed by atoms with Gasteiger partial charge in [0.05, 0.1) is 28.0 Å². The Morgan fingerprint density at radius 2 is 1.63 bits per heavy atom. The summed E-state index contributed by atoms with van der Waals surface area (Å²) in [7, 11) is 0. The topological polar surface area (TPSA) is 107 Å². The molecule has 3 aliphatic rings. The number of rotatable bonds is 4. The van der Waals surface area contributed by atoms with Crippen molar-refractivity contribution in [3.8, 4) is 5.75 Å². The Morgan fingerprint density at radius 3 is 2.23 bits per heavy atom. The van der Waals surface area contributed by atoms with E-state index in [1.807, 2.05) is 0 Å². The average molecular weight is 406 g/mol. The Balaban J connectivity index is 1.37. The molecule has 2 aromatic carbocycles. The Bertz CT molecular complexity index is 1050. The largest absolute Gasteiger partial charge is 0.423 e. The van der Waals surface area contributed by atoms with Crippen LogP contribution in [0.1, 0.15) is 29.6 Å². The van der Waals surface area contributed by atoms with Crippen molar-refractivity contribution in [2.75, 3.05) is 4.90 Å². The number of anilines is 1. The van der Waals surface area contributed by atoms with E-state index in [0.717, 1.165) is 19.3 Å². The molecule has 2 aliphatic carbocycles. The molecule has 2 saturated carbocycles. The van der Waals surface area contributed by atoms with Crippen LogP contribution in [0.5, 0.6) is 5.75 Å². The molecule has 0 unspecified atom stereocenters. The van der Waals surface area contributed by atoms with E-state index in [9.17, 15) is 24.5 Å². The standard InChI is InChI=1S/C22H18N2O6/c25-20-18-12-4-5-13(10-12)19(18)21(26)23(20)16-3-1-2-14(11-16)22(27)30-17-8-6-15(7-9-17)24(28)29/h1-3,6-9,11-13,18-19H,4-5,10H2/t12-,13-,18-,19+/m1/s1. The van der Waals surface area contributed by atoms with Gasteiger partial charge in [0.25, 0.3) is 5.69 Å². The zero-order valence-corrected chi connectivity index (χ0v) is 15.9. The molecule has 1 saturated heterocycles. The lowest BCUT2D eigenvalue weighted by Gasteiger charge is -2.19. The van der Waals surface area contributed by atoms with Crippen molar-refractivity contribution in [3.05, 3.63) is 64.2 Å². The van der Waals surface area contributed by atoms with Gasteiger partial charge in [-0.1, -0.05) is 6.07 Å². The number of nitrogens with zero attached hydrogens (tertiary/aromatic N) is 2. The smallest absolute Gasteiger partial charge is 0.343 e. The summed E-state index contributed by atoms with van der Waals surface area (Å²) >= 11 is 0. The number of esters is 1. The van der Waals surface area contributed by atoms with Crippen molar-refractivity contribution in [2.45, 2.75) is 19.3 Å². The maximum absolute atomic E-state index is 13.0. The van der Waals surface area contributed by atoms with E-state index in [4.69, 9.17) is 4.74 Å². The summed E-state index contributed by atoms with van der Waals surface area (Å²) in [6, 6.07) is 11.4. The number of amides is 2. The predicted molar refractivity (Wildman–Crippen MR) is 105 cm³/mol. The van der Waals surface area contributed by atoms with Crippen molar-refractivity contribution in [2.24, 2.45) is 23.7 Å². The van der Waals surface area contributed by atoms with Gasteiger partial charge in [-0.3, -0.25) is 24.6 Å². The minimum Gasteiger partial charge on any atom is -0.423 e. The molecule has 0 aromatic heterocycles. The second-order valence-corrected chi connectivity index (χ2v) is 8.09. The number of nitro groups is 1. The Kier molecular flexibility index (Phi) is 4.16. The summed E-state index contributed by atoms with van der Waals surface area (Å²) in [5, 5.41) is 10.7. The first-order chi connectivity index (χ1) is 14.4. The monoisotopic (exact) mass is 406 g/mol. The minimum absolute atomic E-state index is 0.109. The lowest BCUT2D eigenvalue weighted by atomic mass is 9.81. The molecule has 2 aromatic rings. The lowest BCUT2D eigenvalue weighted by molar-refractivity contribution is -0.384. The van der Waals surface area contributed by atoms with Gasteiger partial charge in [-0.05, 0) is 61.4 Å². The van der Waals surface area contributed by atoms with E-state index in [1.54, 1.807) is 12.1 Å². The minimum atomic E-state index is -0.676. The Morgan fingerprint density at radius 1 is 1.00 bits per heavy atom. The number of non-ortho nitro benzene ring substituents is 1. The number of fused-ring (bicyclic) bond motifs is 5. The second kappa shape index (κ2) is 6.76. The van der Waals surface area contributed by atoms with Crippen LogP contribution >= 0.6 is 0 Å². The second-order valence-electron chi connectivity index (χ2n) is 8.09. The van der Waals surface area contributed by atoms with Crippen molar-refractivity contribution in [3.63, 3.8) is 0 Å². The van der Waals surface area contributed by atoms with Gasteiger partial charge in [0.15, 0.2) is 0 Å². The van der Waals surface area contributed by atoms with Gasteiger partial charge in [0.2, 0.25) is 11.8 Å². The summed E-state index contributed by atoms with van der Waals surface area (Å²) in [5.74, 6) is -0.732. The highest BCUT2D eigenvalue weighted by atomic mass is 16.6. The average Bonchev–Trinajstić information content (AvgIpc) is 3.42. The van der Waals surface area contributed by atoms with Crippen LogP contribution < -0.4 is 9.64 Å². The summed E-state index contributed by atoms with van der Waals surface area (Å²) < 4.78 is 5.28. The number of ether oxygens (including phenoxy) is 1. The molecule has 2 bridgehead atoms. The molecular weight excluding hydrogens is 388 g/mol. The van der Waals surface area contributed by atoms with Gasteiger partial charge < -0.3 is 4.74 Å². The molecule has 0 radical (unpaired) electrons. The highest BCUT2D eigenvalue weighted by molar-refractivity contribution is 6.22. The van der Waals surface area contributed by atoms with Crippen molar-refractivity contribution in [1.29, 1.82) is 0 Å². The summed E-state index contributed by atoms with van der Waals surface area (Å²) in [6.45, 7) is 0. The molecule has 152 valence electrons. The van der Waals surface area contributed by atoms with Crippen LogP contribution in [0.25, 0.3) is 0 Å². The van der Waals surface area contributed by atoms with Gasteiger partial charge in [-0.2, -0.15) is 0 Å². The number of imide groups is 1. The first kappa shape index (κ1) is 18.5. The predicted octanol–water partition coefficient (Wildman–Crippen LogP) is 3.35. The van der Waals surface area contributed by atoms with Crippen LogP contribution in [0.2, 0.25) is 0 Å². The molecule has 5 rings (SSSR count). The van der Waals surface area contributed by atoms with Crippen LogP contribution in [0, 0.1) is 33.8 Å². The maximum Gasteiger partial charge on any atom is 0.343 e. The first-order valence-electron chi connectivity index (χ1n) is 9.88. The molecule has 1 heterocycles. The summed E-state index contributed by atoms with van der Waals surface area (Å²) in [6.07, 6.45) is 2.96. The molecule has 3 fully saturated rings. The zero-order valence-electron chi connectivity index (χ0n) is 15.9. The number of benzene rings is 2. The van der Waals surface area contributed by atoms with Gasteiger partial charge in [0, 0.05) is 12.1 Å². The van der Waals surface area contributed by atoms with Crippen molar-refractivity contribution < 1.29 is 24.0 Å². The first-order valence-corrected chi connectivity index (χ1v) is 9.88. The molecule has 2 amide bonds. The fourth-order valence-corrected chi connectivity index (χ4v) is 5.24. The van der Waals surface area contributed by atoms with E-state index in [1.165, 1.54) is 41.3 Å². The van der Waals surface area contributed by atoms with Gasteiger partial charge in [-0.25, -0.2) is 4.79 Å². The van der Waals surface area contributed by atoms with Crippen molar-refractivity contribution in [1.82, 2.24) is 0 Å². The molecule has 8 nitrogen and oxygen atoms in total. The Labute approximate surface area is 171 Å². The van der Waals surface area contributed by atoms with Crippen molar-refractivity contribution >= 4 is 29.2 Å². The fraction of sp³-hybridized carbons (Fsp3) is 0.318. The van der Waals surface area contributed by atoms with Gasteiger partial charge in [0.1, 0.15) is 5.75 Å². The zero-order chi connectivity index (χ0) is 21.0. The SMILES string of the molecule is O=C(Oc1ccc([N+](=O)[O-])cc1)c1cccc(N2C(=O)[C@@H]3[C@@H]4CC[C@H](C4)[C@@H]3C2=O)c1. The number of carbonyl (C=O) groups is 3. The van der Waals surface area contributed by atoms with E-state index < -0.39 is 10.9 Å². The number of hydrogen-bond donors (Lipinski definition) is 0. The van der Waals surface area contributed by atoms with Crippen LogP contribution in [-0.2, 0) is 9.59 Å². The van der Waals surface area contributed by atoms with E-state index in [0.29, 0.717) is 5.69 Å². The summed E-state index contributed by atoms with van der Waals surface area (Å²) in [4.78, 5) is 49.9. The van der Waals surface area contributed by atoms with Gasteiger partial charge in [-0.15, -0.1) is 0 Å².